The molecule has 0 saturated carbocycles. The zero-order chi connectivity index (χ0) is 16.3. The van der Waals surface area contributed by atoms with Crippen molar-refractivity contribution in [1.82, 2.24) is 0 Å². The quantitative estimate of drug-likeness (QED) is 0.396. The molecule has 21 heavy (non-hydrogen) atoms. The number of carboxylic acid groups (broad SMARTS) is 1. The van der Waals surface area contributed by atoms with Gasteiger partial charge in [-0.3, -0.25) is 0 Å². The summed E-state index contributed by atoms with van der Waals surface area (Å²) in [5, 5.41) is 8.73. The molecule has 0 heterocycles. The van der Waals surface area contributed by atoms with Crippen LogP contribution in [0.3, 0.4) is 0 Å². The van der Waals surface area contributed by atoms with Gasteiger partial charge in [-0.15, -0.1) is 0 Å². The number of ether oxygens (including phenoxy) is 1. The van der Waals surface area contributed by atoms with Gasteiger partial charge < -0.3 is 9.84 Å². The van der Waals surface area contributed by atoms with Crippen LogP contribution in [0.5, 0.6) is 0 Å². The molecule has 0 aliphatic rings. The Morgan fingerprint density at radius 2 is 1.57 bits per heavy atom. The minimum absolute atomic E-state index is 0.287. The van der Waals surface area contributed by atoms with Gasteiger partial charge in [-0.2, -0.15) is 0 Å². The van der Waals surface area contributed by atoms with E-state index in [0.717, 1.165) is 31.3 Å². The third-order valence-electron chi connectivity index (χ3n) is 3.01. The van der Waals surface area contributed by atoms with E-state index in [4.69, 9.17) is 9.84 Å². The summed E-state index contributed by atoms with van der Waals surface area (Å²) >= 11 is 0. The molecule has 0 fully saturated rings. The highest BCUT2D eigenvalue weighted by atomic mass is 16.5. The fourth-order valence-electron chi connectivity index (χ4n) is 1.71. The highest BCUT2D eigenvalue weighted by Crippen LogP contribution is 2.11. The maximum Gasteiger partial charge on any atom is 0.330 e. The minimum atomic E-state index is -0.864. The SMILES string of the molecule is CCOC(=O)/C=C(\C)CC/C=C(\C)CC/C=C(\C)C(=O)O. The Kier molecular flexibility index (Phi) is 9.94. The Hall–Kier alpha value is -1.84. The van der Waals surface area contributed by atoms with E-state index in [1.807, 2.05) is 13.8 Å². The van der Waals surface area contributed by atoms with Crippen LogP contribution in [-0.2, 0) is 14.3 Å². The Bertz CT molecular complexity index is 442. The molecule has 0 rings (SSSR count). The van der Waals surface area contributed by atoms with Gasteiger partial charge in [0.05, 0.1) is 6.61 Å². The van der Waals surface area contributed by atoms with Crippen molar-refractivity contribution in [1.29, 1.82) is 0 Å². The molecule has 0 atom stereocenters. The molecule has 0 aliphatic carbocycles. The molecular weight excluding hydrogens is 268 g/mol. The molecule has 0 unspecified atom stereocenters. The van der Waals surface area contributed by atoms with Crippen molar-refractivity contribution in [3.63, 3.8) is 0 Å². The normalized spacial score (nSPS) is 13.2. The second-order valence-corrected chi connectivity index (χ2v) is 5.06. The van der Waals surface area contributed by atoms with Gasteiger partial charge in [0.2, 0.25) is 0 Å². The van der Waals surface area contributed by atoms with E-state index in [9.17, 15) is 9.59 Å². The molecule has 0 aromatic heterocycles. The van der Waals surface area contributed by atoms with Gasteiger partial charge in [0.15, 0.2) is 0 Å². The van der Waals surface area contributed by atoms with E-state index in [1.165, 1.54) is 11.6 Å². The third kappa shape index (κ3) is 10.6. The van der Waals surface area contributed by atoms with E-state index in [0.29, 0.717) is 12.2 Å². The first-order valence-corrected chi connectivity index (χ1v) is 7.26. The maximum absolute atomic E-state index is 11.2. The van der Waals surface area contributed by atoms with Crippen molar-refractivity contribution in [3.05, 3.63) is 34.9 Å². The molecule has 4 nitrogen and oxygen atoms in total. The van der Waals surface area contributed by atoms with Gasteiger partial charge in [0, 0.05) is 11.6 Å². The molecule has 0 aliphatic heterocycles. The van der Waals surface area contributed by atoms with Crippen LogP contribution in [0.1, 0.15) is 53.4 Å². The Labute approximate surface area is 127 Å². The van der Waals surface area contributed by atoms with Gasteiger partial charge in [-0.1, -0.05) is 23.3 Å². The molecule has 118 valence electrons. The number of allylic oxidation sites excluding steroid dienone is 4. The topological polar surface area (TPSA) is 63.6 Å². The minimum Gasteiger partial charge on any atom is -0.478 e. The molecule has 0 aromatic rings. The summed E-state index contributed by atoms with van der Waals surface area (Å²) in [5.41, 5.74) is 2.61. The largest absolute Gasteiger partial charge is 0.478 e. The van der Waals surface area contributed by atoms with Gasteiger partial charge in [-0.05, 0) is 53.4 Å². The average Bonchev–Trinajstić information content (AvgIpc) is 2.38. The van der Waals surface area contributed by atoms with Crippen LogP contribution in [-0.4, -0.2) is 23.7 Å². The first-order chi connectivity index (χ1) is 9.86. The second kappa shape index (κ2) is 10.9. The summed E-state index contributed by atoms with van der Waals surface area (Å²) in [6, 6.07) is 0. The molecule has 0 amide bonds. The Balaban J connectivity index is 4.10. The lowest BCUT2D eigenvalue weighted by Gasteiger charge is -2.02. The first-order valence-electron chi connectivity index (χ1n) is 7.26. The zero-order valence-corrected chi connectivity index (χ0v) is 13.4. The first kappa shape index (κ1) is 19.2. The summed E-state index contributed by atoms with van der Waals surface area (Å²) in [7, 11) is 0. The summed E-state index contributed by atoms with van der Waals surface area (Å²) in [6.45, 7) is 7.73. The maximum atomic E-state index is 11.2. The predicted octanol–water partition coefficient (Wildman–Crippen LogP) is 4.03. The smallest absolute Gasteiger partial charge is 0.330 e. The highest BCUT2D eigenvalue weighted by molar-refractivity contribution is 5.85. The van der Waals surface area contributed by atoms with Crippen LogP contribution in [0.2, 0.25) is 0 Å². The van der Waals surface area contributed by atoms with Crippen molar-refractivity contribution in [2.24, 2.45) is 0 Å². The molecule has 4 heteroatoms. The fourth-order valence-corrected chi connectivity index (χ4v) is 1.71. The standard InChI is InChI=1S/C17H26O4/c1-5-21-16(18)12-14(3)10-6-8-13(2)9-7-11-15(4)17(19)20/h8,11-12H,5-7,9-10H2,1-4H3,(H,19,20)/b13-8+,14-12+,15-11+. The molecule has 0 aromatic carbocycles. The molecule has 0 radical (unpaired) electrons. The van der Waals surface area contributed by atoms with E-state index < -0.39 is 5.97 Å². The summed E-state index contributed by atoms with van der Waals surface area (Å²) < 4.78 is 4.85. The highest BCUT2D eigenvalue weighted by Gasteiger charge is 1.99. The van der Waals surface area contributed by atoms with Crippen LogP contribution >= 0.6 is 0 Å². The molecule has 0 saturated heterocycles. The lowest BCUT2D eigenvalue weighted by Crippen LogP contribution is -2.00. The molecular formula is C17H26O4. The van der Waals surface area contributed by atoms with Gasteiger partial charge >= 0.3 is 11.9 Å². The van der Waals surface area contributed by atoms with Crippen molar-refractivity contribution in [3.8, 4) is 0 Å². The summed E-state index contributed by atoms with van der Waals surface area (Å²) in [5.74, 6) is -1.15. The number of aliphatic carboxylic acids is 1. The number of rotatable bonds is 9. The second-order valence-electron chi connectivity index (χ2n) is 5.06. The molecule has 1 N–H and O–H groups in total. The molecule has 0 bridgehead atoms. The van der Waals surface area contributed by atoms with E-state index in [1.54, 1.807) is 19.9 Å². The predicted molar refractivity (Wildman–Crippen MR) is 84.0 cm³/mol. The van der Waals surface area contributed by atoms with Crippen LogP contribution in [0.15, 0.2) is 34.9 Å². The Morgan fingerprint density at radius 3 is 2.14 bits per heavy atom. The Morgan fingerprint density at radius 1 is 1.00 bits per heavy atom. The number of esters is 1. The average molecular weight is 294 g/mol. The zero-order valence-electron chi connectivity index (χ0n) is 13.4. The summed E-state index contributed by atoms with van der Waals surface area (Å²) in [6.07, 6.45) is 8.68. The van der Waals surface area contributed by atoms with Crippen LogP contribution < -0.4 is 0 Å². The van der Waals surface area contributed by atoms with Crippen LogP contribution in [0, 0.1) is 0 Å². The van der Waals surface area contributed by atoms with Crippen LogP contribution in [0.4, 0.5) is 0 Å². The lowest BCUT2D eigenvalue weighted by molar-refractivity contribution is -0.137. The van der Waals surface area contributed by atoms with E-state index >= 15 is 0 Å². The molecule has 0 spiro atoms. The summed E-state index contributed by atoms with van der Waals surface area (Å²) in [4.78, 5) is 21.9. The number of carbonyl (C=O) groups excluding carboxylic acids is 1. The van der Waals surface area contributed by atoms with Crippen molar-refractivity contribution in [2.75, 3.05) is 6.61 Å². The van der Waals surface area contributed by atoms with Gasteiger partial charge in [0.1, 0.15) is 0 Å². The number of hydrogen-bond acceptors (Lipinski definition) is 3. The number of carbonyl (C=O) groups is 2. The number of carboxylic acids is 1. The van der Waals surface area contributed by atoms with Gasteiger partial charge in [0.25, 0.3) is 0 Å². The monoisotopic (exact) mass is 294 g/mol. The fraction of sp³-hybridized carbons (Fsp3) is 0.529. The number of hydrogen-bond donors (Lipinski definition) is 1. The van der Waals surface area contributed by atoms with Crippen molar-refractivity contribution in [2.45, 2.75) is 53.4 Å². The van der Waals surface area contributed by atoms with Crippen molar-refractivity contribution >= 4 is 11.9 Å². The van der Waals surface area contributed by atoms with E-state index in [2.05, 4.69) is 6.08 Å². The van der Waals surface area contributed by atoms with Crippen LogP contribution in [0.25, 0.3) is 0 Å². The van der Waals surface area contributed by atoms with E-state index in [-0.39, 0.29) is 5.97 Å². The lowest BCUT2D eigenvalue weighted by atomic mass is 10.1. The third-order valence-corrected chi connectivity index (χ3v) is 3.01. The van der Waals surface area contributed by atoms with Gasteiger partial charge in [-0.25, -0.2) is 9.59 Å². The van der Waals surface area contributed by atoms with Crippen molar-refractivity contribution < 1.29 is 19.4 Å².